The van der Waals surface area contributed by atoms with Crippen LogP contribution in [0.5, 0.6) is 0 Å². The number of hydrogen-bond acceptors (Lipinski definition) is 3. The molecule has 0 aromatic rings. The van der Waals surface area contributed by atoms with Crippen molar-refractivity contribution in [3.8, 4) is 0 Å². The highest BCUT2D eigenvalue weighted by atomic mass is 35.5. The second-order valence-electron chi connectivity index (χ2n) is 9.34. The maximum Gasteiger partial charge on any atom is 0.100 e. The lowest BCUT2D eigenvalue weighted by Gasteiger charge is -2.23. The molecule has 0 aromatic carbocycles. The summed E-state index contributed by atoms with van der Waals surface area (Å²) in [5.41, 5.74) is 0. The first-order valence-electron chi connectivity index (χ1n) is 12.1. The van der Waals surface area contributed by atoms with Crippen molar-refractivity contribution in [1.29, 1.82) is 0 Å². The first-order valence-corrected chi connectivity index (χ1v) is 12.1. The van der Waals surface area contributed by atoms with Gasteiger partial charge in [0.2, 0.25) is 0 Å². The van der Waals surface area contributed by atoms with Crippen LogP contribution in [0.1, 0.15) is 110 Å². The van der Waals surface area contributed by atoms with E-state index in [-0.39, 0.29) is 25.6 Å². The van der Waals surface area contributed by atoms with E-state index in [1.807, 2.05) is 0 Å². The fourth-order valence-corrected chi connectivity index (χ4v) is 3.19. The molecule has 0 unspecified atom stereocenters. The minimum atomic E-state index is -0.954. The first kappa shape index (κ1) is 33.8. The number of halogens is 1. The van der Waals surface area contributed by atoms with Gasteiger partial charge in [0.15, 0.2) is 0 Å². The second kappa shape index (κ2) is 26.2. The Balaban J connectivity index is -0.000000837. The van der Waals surface area contributed by atoms with Gasteiger partial charge < -0.3 is 32.2 Å². The Morgan fingerprint density at radius 1 is 0.552 bits per heavy atom. The van der Waals surface area contributed by atoms with Gasteiger partial charge in [-0.3, -0.25) is 0 Å². The van der Waals surface area contributed by atoms with Crippen molar-refractivity contribution in [3.05, 3.63) is 0 Å². The highest BCUT2D eigenvalue weighted by molar-refractivity contribution is 4.50. The smallest absolute Gasteiger partial charge is 0.100 e. The maximum atomic E-state index is 8.17. The number of nitrogens with zero attached hydrogens (tertiary/aromatic N) is 1. The first-order chi connectivity index (χ1) is 13.4. The van der Waals surface area contributed by atoms with Crippen LogP contribution in [0.25, 0.3) is 0 Å². The van der Waals surface area contributed by atoms with Crippen LogP contribution in [-0.4, -0.2) is 66.8 Å². The lowest BCUT2D eigenvalue weighted by atomic mass is 10.0. The van der Waals surface area contributed by atoms with Gasteiger partial charge in [-0.25, -0.2) is 0 Å². The van der Waals surface area contributed by atoms with E-state index >= 15 is 0 Å². The molecule has 0 saturated heterocycles. The van der Waals surface area contributed by atoms with E-state index in [2.05, 4.69) is 28.1 Å². The van der Waals surface area contributed by atoms with Gasteiger partial charge in [-0.15, -0.1) is 0 Å². The quantitative estimate of drug-likeness (QED) is 0.214. The van der Waals surface area contributed by atoms with Gasteiger partial charge in [-0.1, -0.05) is 96.8 Å². The zero-order valence-corrected chi connectivity index (χ0v) is 20.9. The average molecular weight is 440 g/mol. The summed E-state index contributed by atoms with van der Waals surface area (Å²) in [6.45, 7) is 2.90. The molecule has 0 rings (SSSR count). The largest absolute Gasteiger partial charge is 1.00 e. The van der Waals surface area contributed by atoms with Crippen molar-refractivity contribution in [3.63, 3.8) is 0 Å². The molecule has 4 nitrogen and oxygen atoms in total. The molecule has 0 saturated carbocycles. The van der Waals surface area contributed by atoms with Crippen LogP contribution < -0.4 is 12.4 Å². The van der Waals surface area contributed by atoms with Gasteiger partial charge in [-0.05, 0) is 12.8 Å². The predicted octanol–water partition coefficient (Wildman–Crippen LogP) is 2.29. The molecule has 3 N–H and O–H groups in total. The summed E-state index contributed by atoms with van der Waals surface area (Å²) in [6.07, 6.45) is 22.4. The second-order valence-corrected chi connectivity index (χ2v) is 9.34. The molecule has 0 aliphatic heterocycles. The summed E-state index contributed by atoms with van der Waals surface area (Å²) in [5.74, 6) is 0. The summed E-state index contributed by atoms with van der Waals surface area (Å²) in [5, 5.41) is 24.0. The van der Waals surface area contributed by atoms with Crippen molar-refractivity contribution >= 4 is 0 Å². The van der Waals surface area contributed by atoms with Gasteiger partial charge in [0, 0.05) is 0 Å². The Bertz CT molecular complexity index is 282. The van der Waals surface area contributed by atoms with Gasteiger partial charge in [0.25, 0.3) is 0 Å². The normalized spacial score (nSPS) is 11.2. The van der Waals surface area contributed by atoms with Crippen molar-refractivity contribution < 1.29 is 32.2 Å². The third-order valence-corrected chi connectivity index (χ3v) is 5.10. The summed E-state index contributed by atoms with van der Waals surface area (Å²) in [7, 11) is 6.89. The van der Waals surface area contributed by atoms with Crippen molar-refractivity contribution in [2.75, 3.05) is 40.9 Å². The highest BCUT2D eigenvalue weighted by Crippen LogP contribution is 2.13. The Labute approximate surface area is 189 Å². The Morgan fingerprint density at radius 3 is 1.03 bits per heavy atom. The standard InChI is InChI=1S/C21H46N.C3H8O3.ClH/c1-5-6-7-8-9-10-11-12-13-14-15-16-17-18-19-20-21-22(2,3)4;4-1-3(6)2-5;/h5-21H2,1-4H3;3-6H,1-2H2;1H/q+1;;/p-1. The summed E-state index contributed by atoms with van der Waals surface area (Å²) in [4.78, 5) is 0. The molecular weight excluding hydrogens is 386 g/mol. The lowest BCUT2D eigenvalue weighted by Crippen LogP contribution is -3.00. The minimum Gasteiger partial charge on any atom is -1.00 e. The number of aliphatic hydroxyl groups excluding tert-OH is 3. The van der Waals surface area contributed by atoms with Crippen LogP contribution in [0.2, 0.25) is 0 Å². The Kier molecular flexibility index (Phi) is 30.5. The third-order valence-electron chi connectivity index (χ3n) is 5.10. The van der Waals surface area contributed by atoms with E-state index in [0.717, 1.165) is 4.48 Å². The van der Waals surface area contributed by atoms with Crippen molar-refractivity contribution in [2.24, 2.45) is 0 Å². The fraction of sp³-hybridized carbons (Fsp3) is 1.00. The summed E-state index contributed by atoms with van der Waals surface area (Å²) >= 11 is 0. The van der Waals surface area contributed by atoms with Crippen LogP contribution >= 0.6 is 0 Å². The molecule has 0 atom stereocenters. The maximum absolute atomic E-state index is 8.17. The Hall–Kier alpha value is 0.130. The topological polar surface area (TPSA) is 60.7 Å². The van der Waals surface area contributed by atoms with E-state index in [4.69, 9.17) is 15.3 Å². The zero-order valence-electron chi connectivity index (χ0n) is 20.2. The van der Waals surface area contributed by atoms with E-state index in [1.54, 1.807) is 0 Å². The van der Waals surface area contributed by atoms with E-state index in [9.17, 15) is 0 Å². The van der Waals surface area contributed by atoms with Crippen LogP contribution in [-0.2, 0) is 0 Å². The summed E-state index contributed by atoms with van der Waals surface area (Å²) < 4.78 is 1.12. The molecule has 5 heteroatoms. The summed E-state index contributed by atoms with van der Waals surface area (Å²) in [6, 6.07) is 0. The average Bonchev–Trinajstić information content (AvgIpc) is 2.66. The molecule has 0 aromatic heterocycles. The molecular formula is C24H54ClNO3. The number of hydrogen-bond donors (Lipinski definition) is 3. The SMILES string of the molecule is CCCCCCCCCCCCCCCCCC[N+](C)(C)C.OCC(O)CO.[Cl-]. The molecule has 0 amide bonds. The van der Waals surface area contributed by atoms with Crippen LogP contribution in [0, 0.1) is 0 Å². The molecule has 0 spiro atoms. The number of quaternary nitrogens is 1. The molecule has 0 fully saturated rings. The Morgan fingerprint density at radius 2 is 0.828 bits per heavy atom. The molecule has 29 heavy (non-hydrogen) atoms. The number of unbranched alkanes of at least 4 members (excludes halogenated alkanes) is 15. The van der Waals surface area contributed by atoms with Gasteiger partial charge in [-0.2, -0.15) is 0 Å². The molecule has 0 aliphatic carbocycles. The van der Waals surface area contributed by atoms with Crippen LogP contribution in [0.4, 0.5) is 0 Å². The molecule has 0 aliphatic rings. The zero-order chi connectivity index (χ0) is 21.5. The molecule has 180 valence electrons. The predicted molar refractivity (Wildman–Crippen MR) is 123 cm³/mol. The van der Waals surface area contributed by atoms with Gasteiger partial charge >= 0.3 is 0 Å². The van der Waals surface area contributed by atoms with Crippen molar-refractivity contribution in [1.82, 2.24) is 0 Å². The number of rotatable bonds is 19. The highest BCUT2D eigenvalue weighted by Gasteiger charge is 2.04. The molecule has 0 heterocycles. The fourth-order valence-electron chi connectivity index (χ4n) is 3.19. The van der Waals surface area contributed by atoms with Crippen molar-refractivity contribution in [2.45, 2.75) is 116 Å². The third kappa shape index (κ3) is 35.9. The number of aliphatic hydroxyl groups is 3. The van der Waals surface area contributed by atoms with Gasteiger partial charge in [0.05, 0.1) is 40.9 Å². The monoisotopic (exact) mass is 439 g/mol. The van der Waals surface area contributed by atoms with E-state index in [1.165, 1.54) is 109 Å². The van der Waals surface area contributed by atoms with E-state index < -0.39 is 6.10 Å². The lowest BCUT2D eigenvalue weighted by molar-refractivity contribution is -0.870. The van der Waals surface area contributed by atoms with Crippen LogP contribution in [0.3, 0.4) is 0 Å². The molecule has 0 bridgehead atoms. The minimum absolute atomic E-state index is 0. The molecule has 0 radical (unpaired) electrons. The van der Waals surface area contributed by atoms with Gasteiger partial charge in [0.1, 0.15) is 6.10 Å². The van der Waals surface area contributed by atoms with E-state index in [0.29, 0.717) is 0 Å². The van der Waals surface area contributed by atoms with Crippen LogP contribution in [0.15, 0.2) is 0 Å².